The Bertz CT molecular complexity index is 936. The summed E-state index contributed by atoms with van der Waals surface area (Å²) in [6.07, 6.45) is 3.90. The fraction of sp³-hybridized carbons (Fsp3) is 0.333. The monoisotopic (exact) mass is 516 g/mol. The molecule has 1 nitrogen and oxygen atoms in total. The number of hydrogen-bond acceptors (Lipinski definition) is 1. The fourth-order valence-corrected chi connectivity index (χ4v) is 4.37. The molecule has 0 fully saturated rings. The van der Waals surface area contributed by atoms with Gasteiger partial charge in [-0.15, -0.1) is 0 Å². The van der Waals surface area contributed by atoms with Crippen LogP contribution in [-0.2, 0) is 12.8 Å². The molecule has 0 aliphatic carbocycles. The van der Waals surface area contributed by atoms with Gasteiger partial charge in [0.25, 0.3) is 0 Å². The third kappa shape index (κ3) is 6.83. The van der Waals surface area contributed by atoms with Crippen molar-refractivity contribution >= 4 is 22.6 Å². The SMILES string of the molecule is Cc1ccc(CC(CCCOc2ccc(CCI)cc2)c2cccc(F)c2)cc1C. The van der Waals surface area contributed by atoms with E-state index >= 15 is 0 Å². The Morgan fingerprint density at radius 1 is 0.900 bits per heavy atom. The number of hydrogen-bond donors (Lipinski definition) is 0. The van der Waals surface area contributed by atoms with E-state index in [0.29, 0.717) is 6.61 Å². The molecule has 3 rings (SSSR count). The molecule has 0 aromatic heterocycles. The van der Waals surface area contributed by atoms with E-state index in [2.05, 4.69) is 78.9 Å². The molecule has 0 aliphatic rings. The summed E-state index contributed by atoms with van der Waals surface area (Å²) in [7, 11) is 0. The molecule has 1 unspecified atom stereocenters. The largest absolute Gasteiger partial charge is 0.494 e. The highest BCUT2D eigenvalue weighted by Crippen LogP contribution is 2.27. The van der Waals surface area contributed by atoms with Crippen LogP contribution in [0, 0.1) is 19.7 Å². The van der Waals surface area contributed by atoms with Gasteiger partial charge in [-0.1, -0.05) is 65.1 Å². The first-order valence-electron chi connectivity index (χ1n) is 10.6. The Balaban J connectivity index is 1.61. The lowest BCUT2D eigenvalue weighted by Crippen LogP contribution is -2.07. The summed E-state index contributed by atoms with van der Waals surface area (Å²) >= 11 is 2.40. The maximum Gasteiger partial charge on any atom is 0.123 e. The lowest BCUT2D eigenvalue weighted by atomic mass is 9.87. The van der Waals surface area contributed by atoms with Crippen molar-refractivity contribution in [2.75, 3.05) is 11.0 Å². The van der Waals surface area contributed by atoms with Crippen molar-refractivity contribution in [3.05, 3.63) is 100 Å². The minimum absolute atomic E-state index is 0.166. The van der Waals surface area contributed by atoms with Crippen molar-refractivity contribution < 1.29 is 9.13 Å². The standard InChI is InChI=1S/C27H30FIO/c1-20-8-9-23(17-21(20)2)18-24(25-5-3-7-26(28)19-25)6-4-16-30-27-12-10-22(11-13-27)14-15-29/h3,5,7-13,17,19,24H,4,6,14-16,18H2,1-2H3. The van der Waals surface area contributed by atoms with Crippen LogP contribution in [0.3, 0.4) is 0 Å². The van der Waals surface area contributed by atoms with Gasteiger partial charge in [-0.05, 0) is 97.5 Å². The van der Waals surface area contributed by atoms with Crippen LogP contribution in [0.4, 0.5) is 4.39 Å². The average Bonchev–Trinajstić information content (AvgIpc) is 2.74. The molecule has 3 aromatic rings. The lowest BCUT2D eigenvalue weighted by Gasteiger charge is -2.19. The van der Waals surface area contributed by atoms with Gasteiger partial charge in [0.1, 0.15) is 11.6 Å². The molecule has 30 heavy (non-hydrogen) atoms. The quantitative estimate of drug-likeness (QED) is 0.153. The second kappa shape index (κ2) is 11.5. The Morgan fingerprint density at radius 2 is 1.67 bits per heavy atom. The summed E-state index contributed by atoms with van der Waals surface area (Å²) < 4.78 is 20.9. The Kier molecular flexibility index (Phi) is 8.74. The summed E-state index contributed by atoms with van der Waals surface area (Å²) in [5.74, 6) is 1.03. The second-order valence-electron chi connectivity index (χ2n) is 7.95. The van der Waals surface area contributed by atoms with Crippen molar-refractivity contribution in [2.24, 2.45) is 0 Å². The molecular formula is C27H30FIO. The predicted molar refractivity (Wildman–Crippen MR) is 133 cm³/mol. The summed E-state index contributed by atoms with van der Waals surface area (Å²) in [6.45, 7) is 4.95. The van der Waals surface area contributed by atoms with Crippen LogP contribution in [0.1, 0.15) is 46.6 Å². The van der Waals surface area contributed by atoms with E-state index in [1.165, 1.54) is 28.3 Å². The van der Waals surface area contributed by atoms with Crippen molar-refractivity contribution in [3.8, 4) is 5.75 Å². The van der Waals surface area contributed by atoms with Gasteiger partial charge in [-0.25, -0.2) is 4.39 Å². The van der Waals surface area contributed by atoms with Crippen molar-refractivity contribution in [3.63, 3.8) is 0 Å². The Morgan fingerprint density at radius 3 is 2.37 bits per heavy atom. The van der Waals surface area contributed by atoms with E-state index < -0.39 is 0 Å². The second-order valence-corrected chi connectivity index (χ2v) is 9.03. The summed E-state index contributed by atoms with van der Waals surface area (Å²) in [6, 6.07) is 22.1. The molecule has 0 saturated heterocycles. The number of ether oxygens (including phenoxy) is 1. The number of benzene rings is 3. The topological polar surface area (TPSA) is 9.23 Å². The summed E-state index contributed by atoms with van der Waals surface area (Å²) in [5.41, 5.74) is 6.32. The first-order valence-corrected chi connectivity index (χ1v) is 12.2. The van der Waals surface area contributed by atoms with E-state index in [0.717, 1.165) is 41.4 Å². The number of halogens is 2. The summed E-state index contributed by atoms with van der Waals surface area (Å²) in [4.78, 5) is 0. The molecule has 0 saturated carbocycles. The number of rotatable bonds is 10. The van der Waals surface area contributed by atoms with Gasteiger partial charge in [0.05, 0.1) is 6.61 Å². The zero-order chi connectivity index (χ0) is 21.3. The van der Waals surface area contributed by atoms with Crippen molar-refractivity contribution in [1.29, 1.82) is 0 Å². The molecule has 0 radical (unpaired) electrons. The van der Waals surface area contributed by atoms with E-state index in [9.17, 15) is 4.39 Å². The zero-order valence-corrected chi connectivity index (χ0v) is 20.0. The molecular weight excluding hydrogens is 486 g/mol. The van der Waals surface area contributed by atoms with Crippen LogP contribution in [-0.4, -0.2) is 11.0 Å². The minimum atomic E-state index is -0.166. The number of alkyl halides is 1. The van der Waals surface area contributed by atoms with E-state index in [4.69, 9.17) is 4.74 Å². The number of aryl methyl sites for hydroxylation is 3. The molecule has 0 spiro atoms. The van der Waals surface area contributed by atoms with Gasteiger partial charge in [-0.2, -0.15) is 0 Å². The van der Waals surface area contributed by atoms with Gasteiger partial charge in [0.15, 0.2) is 0 Å². The maximum absolute atomic E-state index is 13.9. The molecule has 0 bridgehead atoms. The Labute approximate surface area is 193 Å². The molecule has 3 heteroatoms. The molecule has 3 aromatic carbocycles. The lowest BCUT2D eigenvalue weighted by molar-refractivity contribution is 0.301. The van der Waals surface area contributed by atoms with Crippen LogP contribution in [0.5, 0.6) is 5.75 Å². The van der Waals surface area contributed by atoms with E-state index in [1.54, 1.807) is 6.07 Å². The van der Waals surface area contributed by atoms with Crippen LogP contribution < -0.4 is 4.74 Å². The van der Waals surface area contributed by atoms with Crippen LogP contribution in [0.25, 0.3) is 0 Å². The van der Waals surface area contributed by atoms with Crippen molar-refractivity contribution in [2.45, 2.75) is 45.4 Å². The minimum Gasteiger partial charge on any atom is -0.494 e. The third-order valence-electron chi connectivity index (χ3n) is 5.65. The Hall–Kier alpha value is -1.88. The highest BCUT2D eigenvalue weighted by Gasteiger charge is 2.14. The van der Waals surface area contributed by atoms with Gasteiger partial charge < -0.3 is 4.74 Å². The van der Waals surface area contributed by atoms with Gasteiger partial charge in [-0.3, -0.25) is 0 Å². The van der Waals surface area contributed by atoms with E-state index in [-0.39, 0.29) is 11.7 Å². The normalized spacial score (nSPS) is 12.0. The highest BCUT2D eigenvalue weighted by molar-refractivity contribution is 14.1. The highest BCUT2D eigenvalue weighted by atomic mass is 127. The third-order valence-corrected chi connectivity index (χ3v) is 6.19. The van der Waals surface area contributed by atoms with Gasteiger partial charge in [0, 0.05) is 4.43 Å². The zero-order valence-electron chi connectivity index (χ0n) is 17.8. The summed E-state index contributed by atoms with van der Waals surface area (Å²) in [5, 5.41) is 0. The first kappa shape index (κ1) is 22.8. The van der Waals surface area contributed by atoms with E-state index in [1.807, 2.05) is 12.1 Å². The molecule has 0 amide bonds. The molecule has 1 atom stereocenters. The maximum atomic E-state index is 13.9. The predicted octanol–water partition coefficient (Wildman–Crippen LogP) is 7.61. The molecule has 0 N–H and O–H groups in total. The molecule has 0 aliphatic heterocycles. The smallest absolute Gasteiger partial charge is 0.123 e. The molecule has 158 valence electrons. The van der Waals surface area contributed by atoms with Gasteiger partial charge >= 0.3 is 0 Å². The van der Waals surface area contributed by atoms with Crippen LogP contribution in [0.15, 0.2) is 66.7 Å². The van der Waals surface area contributed by atoms with Crippen molar-refractivity contribution in [1.82, 2.24) is 0 Å². The van der Waals surface area contributed by atoms with Gasteiger partial charge in [0.2, 0.25) is 0 Å². The van der Waals surface area contributed by atoms with Crippen LogP contribution >= 0.6 is 22.6 Å². The fourth-order valence-electron chi connectivity index (χ4n) is 3.74. The van der Waals surface area contributed by atoms with Crippen LogP contribution in [0.2, 0.25) is 0 Å². The first-order chi connectivity index (χ1) is 14.5. The average molecular weight is 516 g/mol. The molecule has 0 heterocycles.